The molecule has 4 aliphatic rings. The largest absolute Gasteiger partial charge is 0.297 e. The maximum absolute atomic E-state index is 2.94. The van der Waals surface area contributed by atoms with E-state index in [-0.39, 0.29) is 0 Å². The Bertz CT molecular complexity index is 255. The highest BCUT2D eigenvalue weighted by molar-refractivity contribution is 5.06. The van der Waals surface area contributed by atoms with Gasteiger partial charge in [-0.25, -0.2) is 0 Å². The molecule has 1 aliphatic carbocycles. The maximum atomic E-state index is 2.94. The Kier molecular flexibility index (Phi) is 3.01. The SMILES string of the molecule is CC(C)C1C2CCN(C3CCCC23)C1C(C)C. The monoisotopic (exact) mass is 235 g/mol. The van der Waals surface area contributed by atoms with Crippen LogP contribution in [-0.4, -0.2) is 23.5 Å². The molecule has 0 radical (unpaired) electrons. The predicted molar refractivity (Wildman–Crippen MR) is 72.9 cm³/mol. The minimum atomic E-state index is 0.840. The molecule has 4 fully saturated rings. The molecular formula is C16H29N. The first kappa shape index (κ1) is 12.0. The van der Waals surface area contributed by atoms with Crippen molar-refractivity contribution in [2.45, 2.75) is 65.5 Å². The van der Waals surface area contributed by atoms with Crippen molar-refractivity contribution in [3.8, 4) is 0 Å². The van der Waals surface area contributed by atoms with Crippen molar-refractivity contribution in [2.75, 3.05) is 6.54 Å². The molecule has 1 saturated carbocycles. The summed E-state index contributed by atoms with van der Waals surface area (Å²) in [6, 6.07) is 1.85. The second kappa shape index (κ2) is 4.26. The molecule has 0 spiro atoms. The van der Waals surface area contributed by atoms with Crippen molar-refractivity contribution >= 4 is 0 Å². The summed E-state index contributed by atoms with van der Waals surface area (Å²) in [5.74, 6) is 4.80. The van der Waals surface area contributed by atoms with E-state index in [0.717, 1.165) is 41.7 Å². The Hall–Kier alpha value is -0.0400. The van der Waals surface area contributed by atoms with Gasteiger partial charge < -0.3 is 0 Å². The highest BCUT2D eigenvalue weighted by Gasteiger charge is 2.54. The van der Waals surface area contributed by atoms with Gasteiger partial charge in [0.25, 0.3) is 0 Å². The molecule has 0 aromatic rings. The highest BCUT2D eigenvalue weighted by atomic mass is 15.2. The third-order valence-electron chi connectivity index (χ3n) is 5.95. The Morgan fingerprint density at radius 2 is 1.65 bits per heavy atom. The third-order valence-corrected chi connectivity index (χ3v) is 5.95. The summed E-state index contributed by atoms with van der Waals surface area (Å²) in [7, 11) is 0. The van der Waals surface area contributed by atoms with E-state index < -0.39 is 0 Å². The van der Waals surface area contributed by atoms with Crippen LogP contribution in [0.2, 0.25) is 0 Å². The highest BCUT2D eigenvalue weighted by Crippen LogP contribution is 2.53. The smallest absolute Gasteiger partial charge is 0.0155 e. The fraction of sp³-hybridized carbons (Fsp3) is 1.00. The van der Waals surface area contributed by atoms with E-state index in [1.807, 2.05) is 0 Å². The zero-order chi connectivity index (χ0) is 12.2. The Balaban J connectivity index is 1.93. The molecule has 0 N–H and O–H groups in total. The van der Waals surface area contributed by atoms with Gasteiger partial charge in [-0.05, 0) is 55.4 Å². The van der Waals surface area contributed by atoms with E-state index in [0.29, 0.717) is 0 Å². The summed E-state index contributed by atoms with van der Waals surface area (Å²) >= 11 is 0. The summed E-state index contributed by atoms with van der Waals surface area (Å²) in [4.78, 5) is 2.94. The van der Waals surface area contributed by atoms with Crippen molar-refractivity contribution in [2.24, 2.45) is 29.6 Å². The number of rotatable bonds is 2. The van der Waals surface area contributed by atoms with Crippen LogP contribution >= 0.6 is 0 Å². The fourth-order valence-electron chi connectivity index (χ4n) is 5.60. The first-order valence-electron chi connectivity index (χ1n) is 7.87. The van der Waals surface area contributed by atoms with Gasteiger partial charge in [0.05, 0.1) is 0 Å². The second-order valence-electron chi connectivity index (χ2n) is 7.41. The lowest BCUT2D eigenvalue weighted by Gasteiger charge is -2.60. The van der Waals surface area contributed by atoms with Gasteiger partial charge in [0.15, 0.2) is 0 Å². The van der Waals surface area contributed by atoms with Crippen molar-refractivity contribution in [3.05, 3.63) is 0 Å². The lowest BCUT2D eigenvalue weighted by Crippen LogP contribution is -2.64. The molecule has 3 heterocycles. The Morgan fingerprint density at radius 1 is 0.882 bits per heavy atom. The van der Waals surface area contributed by atoms with Crippen molar-refractivity contribution in [1.29, 1.82) is 0 Å². The third kappa shape index (κ3) is 1.69. The van der Waals surface area contributed by atoms with E-state index >= 15 is 0 Å². The van der Waals surface area contributed by atoms with Crippen molar-refractivity contribution in [1.82, 2.24) is 4.90 Å². The first-order chi connectivity index (χ1) is 8.11. The van der Waals surface area contributed by atoms with Crippen molar-refractivity contribution in [3.63, 3.8) is 0 Å². The van der Waals surface area contributed by atoms with Gasteiger partial charge in [-0.1, -0.05) is 34.1 Å². The van der Waals surface area contributed by atoms with Gasteiger partial charge in [-0.3, -0.25) is 4.90 Å². The minimum absolute atomic E-state index is 0.840. The molecule has 17 heavy (non-hydrogen) atoms. The fourth-order valence-corrected chi connectivity index (χ4v) is 5.60. The second-order valence-corrected chi connectivity index (χ2v) is 7.41. The zero-order valence-electron chi connectivity index (χ0n) is 12.0. The number of hydrogen-bond donors (Lipinski definition) is 0. The molecule has 2 bridgehead atoms. The molecule has 1 nitrogen and oxygen atoms in total. The van der Waals surface area contributed by atoms with Gasteiger partial charge >= 0.3 is 0 Å². The number of nitrogens with zero attached hydrogens (tertiary/aromatic N) is 1. The lowest BCUT2D eigenvalue weighted by atomic mass is 9.60. The average molecular weight is 235 g/mol. The number of hydrogen-bond acceptors (Lipinski definition) is 1. The molecule has 3 aliphatic heterocycles. The summed E-state index contributed by atoms with van der Waals surface area (Å²) in [5, 5.41) is 0. The van der Waals surface area contributed by atoms with Crippen LogP contribution in [0.4, 0.5) is 0 Å². The van der Waals surface area contributed by atoms with Crippen LogP contribution in [0.5, 0.6) is 0 Å². The molecule has 0 aromatic carbocycles. The summed E-state index contributed by atoms with van der Waals surface area (Å²) in [6.07, 6.45) is 6.01. The minimum Gasteiger partial charge on any atom is -0.297 e. The van der Waals surface area contributed by atoms with Gasteiger partial charge in [0.1, 0.15) is 0 Å². The van der Waals surface area contributed by atoms with Gasteiger partial charge in [0.2, 0.25) is 0 Å². The normalized spacial score (nSPS) is 49.1. The molecule has 6 unspecified atom stereocenters. The molecule has 1 heteroatoms. The van der Waals surface area contributed by atoms with Gasteiger partial charge in [0, 0.05) is 12.1 Å². The molecule has 0 amide bonds. The maximum Gasteiger partial charge on any atom is 0.0155 e. The molecule has 6 atom stereocenters. The van der Waals surface area contributed by atoms with E-state index in [2.05, 4.69) is 32.6 Å². The predicted octanol–water partition coefficient (Wildman–Crippen LogP) is 3.79. The first-order valence-corrected chi connectivity index (χ1v) is 7.87. The van der Waals surface area contributed by atoms with Crippen LogP contribution in [0.15, 0.2) is 0 Å². The average Bonchev–Trinajstić information content (AvgIpc) is 2.78. The van der Waals surface area contributed by atoms with E-state index in [1.165, 1.54) is 32.2 Å². The molecule has 98 valence electrons. The Morgan fingerprint density at radius 3 is 2.29 bits per heavy atom. The lowest BCUT2D eigenvalue weighted by molar-refractivity contribution is -0.115. The van der Waals surface area contributed by atoms with E-state index in [9.17, 15) is 0 Å². The van der Waals surface area contributed by atoms with Gasteiger partial charge in [-0.15, -0.1) is 0 Å². The number of piperidine rings is 3. The zero-order valence-corrected chi connectivity index (χ0v) is 12.0. The summed E-state index contributed by atoms with van der Waals surface area (Å²) in [6.45, 7) is 11.2. The van der Waals surface area contributed by atoms with Gasteiger partial charge in [-0.2, -0.15) is 0 Å². The van der Waals surface area contributed by atoms with Crippen molar-refractivity contribution < 1.29 is 0 Å². The van der Waals surface area contributed by atoms with Crippen LogP contribution in [0.25, 0.3) is 0 Å². The Labute approximate surface area is 107 Å². The molecule has 0 aromatic heterocycles. The standard InChI is InChI=1S/C16H29N/c1-10(2)15-13-8-9-17(16(15)11(3)4)14-7-5-6-12(13)14/h10-16H,5-9H2,1-4H3. The quantitative estimate of drug-likeness (QED) is 0.704. The molecule has 3 saturated heterocycles. The topological polar surface area (TPSA) is 3.24 Å². The van der Waals surface area contributed by atoms with Crippen LogP contribution < -0.4 is 0 Å². The summed E-state index contributed by atoms with van der Waals surface area (Å²) in [5.41, 5.74) is 0. The molecular weight excluding hydrogens is 206 g/mol. The van der Waals surface area contributed by atoms with E-state index in [1.54, 1.807) is 0 Å². The van der Waals surface area contributed by atoms with Crippen LogP contribution in [-0.2, 0) is 0 Å². The van der Waals surface area contributed by atoms with E-state index in [4.69, 9.17) is 0 Å². The number of fused-ring (bicyclic) bond motifs is 2. The summed E-state index contributed by atoms with van der Waals surface area (Å²) < 4.78 is 0. The van der Waals surface area contributed by atoms with Crippen LogP contribution in [0.3, 0.4) is 0 Å². The molecule has 4 rings (SSSR count). The van der Waals surface area contributed by atoms with Crippen LogP contribution in [0, 0.1) is 29.6 Å². The van der Waals surface area contributed by atoms with Crippen LogP contribution in [0.1, 0.15) is 53.4 Å².